The Balaban J connectivity index is 2.50. The van der Waals surface area contributed by atoms with Crippen molar-refractivity contribution in [3.8, 4) is 0 Å². The van der Waals surface area contributed by atoms with E-state index in [2.05, 4.69) is 26.1 Å². The van der Waals surface area contributed by atoms with E-state index in [9.17, 15) is 8.78 Å². The lowest BCUT2D eigenvalue weighted by molar-refractivity contribution is 0.263. The van der Waals surface area contributed by atoms with Gasteiger partial charge in [0, 0.05) is 12.1 Å². The maximum absolute atomic E-state index is 13.0. The number of halogens is 2. The summed E-state index contributed by atoms with van der Waals surface area (Å²) in [4.78, 5) is 0. The van der Waals surface area contributed by atoms with Crippen LogP contribution in [0.15, 0.2) is 18.2 Å². The van der Waals surface area contributed by atoms with Crippen LogP contribution in [0, 0.1) is 17.0 Å². The highest BCUT2D eigenvalue weighted by atomic mass is 19.1. The number of rotatable bonds is 5. The minimum atomic E-state index is -0.494. The molecule has 0 saturated carbocycles. The van der Waals surface area contributed by atoms with E-state index >= 15 is 0 Å². The molecule has 0 spiro atoms. The molecule has 1 rings (SSSR count). The van der Waals surface area contributed by atoms with Crippen LogP contribution in [0.25, 0.3) is 0 Å². The number of benzene rings is 1. The first-order chi connectivity index (χ1) is 8.32. The molecule has 0 saturated heterocycles. The third kappa shape index (κ3) is 4.73. The SMILES string of the molecule is CNC(CCCc1cc(F)cc(F)c1)C(C)(C)C. The molecule has 0 bridgehead atoms. The summed E-state index contributed by atoms with van der Waals surface area (Å²) in [6, 6.07) is 4.15. The fraction of sp³-hybridized carbons (Fsp3) is 0.600. The molecule has 0 aromatic heterocycles. The Bertz CT molecular complexity index is 362. The lowest BCUT2D eigenvalue weighted by Crippen LogP contribution is -2.37. The smallest absolute Gasteiger partial charge is 0.126 e. The summed E-state index contributed by atoms with van der Waals surface area (Å²) in [6.45, 7) is 6.57. The van der Waals surface area contributed by atoms with Gasteiger partial charge in [-0.3, -0.25) is 0 Å². The highest BCUT2D eigenvalue weighted by Crippen LogP contribution is 2.23. The van der Waals surface area contributed by atoms with E-state index in [-0.39, 0.29) is 5.41 Å². The molecule has 0 aliphatic carbocycles. The van der Waals surface area contributed by atoms with Crippen LogP contribution in [0.5, 0.6) is 0 Å². The standard InChI is InChI=1S/C15H23F2N/c1-15(2,3)14(18-4)7-5-6-11-8-12(16)10-13(17)9-11/h8-10,14,18H,5-7H2,1-4H3. The second-order valence-electron chi connectivity index (χ2n) is 5.88. The van der Waals surface area contributed by atoms with E-state index in [1.807, 2.05) is 7.05 Å². The van der Waals surface area contributed by atoms with Crippen LogP contribution in [-0.4, -0.2) is 13.1 Å². The Kier molecular flexibility index (Phi) is 5.27. The van der Waals surface area contributed by atoms with Crippen LogP contribution in [-0.2, 0) is 6.42 Å². The summed E-state index contributed by atoms with van der Waals surface area (Å²) >= 11 is 0. The van der Waals surface area contributed by atoms with Crippen molar-refractivity contribution in [1.29, 1.82) is 0 Å². The molecule has 0 amide bonds. The first kappa shape index (κ1) is 15.1. The average molecular weight is 255 g/mol. The Morgan fingerprint density at radius 2 is 1.67 bits per heavy atom. The fourth-order valence-electron chi connectivity index (χ4n) is 2.28. The van der Waals surface area contributed by atoms with E-state index in [0.29, 0.717) is 12.5 Å². The lowest BCUT2D eigenvalue weighted by Gasteiger charge is -2.30. The molecular weight excluding hydrogens is 232 g/mol. The van der Waals surface area contributed by atoms with Crippen molar-refractivity contribution in [2.75, 3.05) is 7.05 Å². The largest absolute Gasteiger partial charge is 0.316 e. The van der Waals surface area contributed by atoms with Gasteiger partial charge in [0.05, 0.1) is 0 Å². The minimum absolute atomic E-state index is 0.196. The van der Waals surface area contributed by atoms with Gasteiger partial charge in [0.15, 0.2) is 0 Å². The van der Waals surface area contributed by atoms with E-state index in [1.54, 1.807) is 0 Å². The van der Waals surface area contributed by atoms with Crippen molar-refractivity contribution >= 4 is 0 Å². The molecule has 0 fully saturated rings. The fourth-order valence-corrected chi connectivity index (χ4v) is 2.28. The number of aryl methyl sites for hydroxylation is 1. The van der Waals surface area contributed by atoms with Crippen molar-refractivity contribution in [2.24, 2.45) is 5.41 Å². The van der Waals surface area contributed by atoms with Gasteiger partial charge in [-0.15, -0.1) is 0 Å². The van der Waals surface area contributed by atoms with Crippen molar-refractivity contribution in [3.05, 3.63) is 35.4 Å². The normalized spacial score (nSPS) is 13.7. The minimum Gasteiger partial charge on any atom is -0.316 e. The van der Waals surface area contributed by atoms with Crippen LogP contribution in [0.2, 0.25) is 0 Å². The Labute approximate surface area is 109 Å². The molecule has 0 heterocycles. The van der Waals surface area contributed by atoms with Gasteiger partial charge >= 0.3 is 0 Å². The molecule has 1 aromatic carbocycles. The van der Waals surface area contributed by atoms with E-state index in [4.69, 9.17) is 0 Å². The quantitative estimate of drug-likeness (QED) is 0.841. The molecule has 102 valence electrons. The second kappa shape index (κ2) is 6.28. The van der Waals surface area contributed by atoms with Crippen LogP contribution in [0.1, 0.15) is 39.2 Å². The Morgan fingerprint density at radius 1 is 1.11 bits per heavy atom. The highest BCUT2D eigenvalue weighted by Gasteiger charge is 2.22. The van der Waals surface area contributed by atoms with Crippen molar-refractivity contribution < 1.29 is 8.78 Å². The van der Waals surface area contributed by atoms with E-state index in [1.165, 1.54) is 12.1 Å². The van der Waals surface area contributed by atoms with Gasteiger partial charge in [-0.1, -0.05) is 20.8 Å². The molecule has 1 atom stereocenters. The topological polar surface area (TPSA) is 12.0 Å². The maximum atomic E-state index is 13.0. The summed E-state index contributed by atoms with van der Waals surface area (Å²) in [6.07, 6.45) is 2.63. The van der Waals surface area contributed by atoms with Crippen molar-refractivity contribution in [3.63, 3.8) is 0 Å². The monoisotopic (exact) mass is 255 g/mol. The Hall–Kier alpha value is -0.960. The van der Waals surface area contributed by atoms with Gasteiger partial charge in [-0.25, -0.2) is 8.78 Å². The molecular formula is C15H23F2N. The van der Waals surface area contributed by atoms with Gasteiger partial charge in [-0.2, -0.15) is 0 Å². The van der Waals surface area contributed by atoms with Gasteiger partial charge in [0.1, 0.15) is 11.6 Å². The number of nitrogens with one attached hydrogen (secondary N) is 1. The molecule has 1 N–H and O–H groups in total. The summed E-state index contributed by atoms with van der Waals surface area (Å²) in [5.74, 6) is -0.989. The Morgan fingerprint density at radius 3 is 2.11 bits per heavy atom. The van der Waals surface area contributed by atoms with Gasteiger partial charge in [-0.05, 0) is 49.4 Å². The van der Waals surface area contributed by atoms with Crippen molar-refractivity contribution in [1.82, 2.24) is 5.32 Å². The van der Waals surface area contributed by atoms with E-state index in [0.717, 1.165) is 24.5 Å². The molecule has 18 heavy (non-hydrogen) atoms. The van der Waals surface area contributed by atoms with E-state index < -0.39 is 11.6 Å². The molecule has 1 nitrogen and oxygen atoms in total. The van der Waals surface area contributed by atoms with Gasteiger partial charge < -0.3 is 5.32 Å². The molecule has 3 heteroatoms. The third-order valence-corrected chi connectivity index (χ3v) is 3.27. The molecule has 0 aliphatic heterocycles. The highest BCUT2D eigenvalue weighted by molar-refractivity contribution is 5.17. The van der Waals surface area contributed by atoms with Gasteiger partial charge in [0.25, 0.3) is 0 Å². The summed E-state index contributed by atoms with van der Waals surface area (Å²) in [7, 11) is 1.96. The zero-order valence-electron chi connectivity index (χ0n) is 11.7. The average Bonchev–Trinajstić information content (AvgIpc) is 2.21. The van der Waals surface area contributed by atoms with Crippen LogP contribution >= 0.6 is 0 Å². The van der Waals surface area contributed by atoms with Crippen LogP contribution < -0.4 is 5.32 Å². The van der Waals surface area contributed by atoms with Gasteiger partial charge in [0.2, 0.25) is 0 Å². The predicted molar refractivity (Wildman–Crippen MR) is 71.6 cm³/mol. The van der Waals surface area contributed by atoms with Crippen molar-refractivity contribution in [2.45, 2.75) is 46.1 Å². The predicted octanol–water partition coefficient (Wildman–Crippen LogP) is 3.92. The zero-order chi connectivity index (χ0) is 13.8. The summed E-state index contributed by atoms with van der Waals surface area (Å²) in [5.41, 5.74) is 0.929. The molecule has 1 aromatic rings. The molecule has 1 unspecified atom stereocenters. The molecule has 0 aliphatic rings. The van der Waals surface area contributed by atoms with Crippen LogP contribution in [0.4, 0.5) is 8.78 Å². The first-order valence-electron chi connectivity index (χ1n) is 6.45. The zero-order valence-corrected chi connectivity index (χ0v) is 11.7. The maximum Gasteiger partial charge on any atom is 0.126 e. The first-order valence-corrected chi connectivity index (χ1v) is 6.45. The van der Waals surface area contributed by atoms with Crippen LogP contribution in [0.3, 0.4) is 0 Å². The summed E-state index contributed by atoms with van der Waals surface area (Å²) in [5, 5.41) is 3.30. The number of hydrogen-bond acceptors (Lipinski definition) is 1. The third-order valence-electron chi connectivity index (χ3n) is 3.27. The summed E-state index contributed by atoms with van der Waals surface area (Å²) < 4.78 is 26.0. The lowest BCUT2D eigenvalue weighted by atomic mass is 9.83. The number of hydrogen-bond donors (Lipinski definition) is 1. The second-order valence-corrected chi connectivity index (χ2v) is 5.88. The molecule has 0 radical (unpaired) electrons.